The van der Waals surface area contributed by atoms with E-state index in [1.54, 1.807) is 25.5 Å². The standard InChI is InChI=1S/C10H12N4O2/c1-7-4-9(14-16-7)13-10(15)3-2-8-5-11-6-12-8/h4-6H,2-3H2,1H3,(H,11,12)(H,13,14,15). The summed E-state index contributed by atoms with van der Waals surface area (Å²) in [6.45, 7) is 1.77. The van der Waals surface area contributed by atoms with Crippen LogP contribution in [0.4, 0.5) is 5.82 Å². The zero-order valence-corrected chi connectivity index (χ0v) is 8.86. The summed E-state index contributed by atoms with van der Waals surface area (Å²) >= 11 is 0. The fraction of sp³-hybridized carbons (Fsp3) is 0.300. The summed E-state index contributed by atoms with van der Waals surface area (Å²) in [5.74, 6) is 1.03. The molecule has 0 radical (unpaired) electrons. The molecule has 6 nitrogen and oxygen atoms in total. The Morgan fingerprint density at radius 1 is 1.62 bits per heavy atom. The van der Waals surface area contributed by atoms with E-state index in [1.165, 1.54) is 0 Å². The minimum absolute atomic E-state index is 0.0945. The van der Waals surface area contributed by atoms with Crippen LogP contribution < -0.4 is 5.32 Å². The van der Waals surface area contributed by atoms with Gasteiger partial charge in [-0.15, -0.1) is 0 Å². The summed E-state index contributed by atoms with van der Waals surface area (Å²) in [7, 11) is 0. The molecule has 1 amide bonds. The van der Waals surface area contributed by atoms with Crippen LogP contribution in [0.15, 0.2) is 23.1 Å². The van der Waals surface area contributed by atoms with Gasteiger partial charge in [-0.25, -0.2) is 4.98 Å². The van der Waals surface area contributed by atoms with Crippen LogP contribution in [0.3, 0.4) is 0 Å². The molecule has 2 heterocycles. The summed E-state index contributed by atoms with van der Waals surface area (Å²) < 4.78 is 4.83. The molecule has 84 valence electrons. The molecule has 0 atom stereocenters. The van der Waals surface area contributed by atoms with Crippen molar-refractivity contribution in [1.29, 1.82) is 0 Å². The maximum absolute atomic E-state index is 11.5. The Bertz CT molecular complexity index is 461. The minimum Gasteiger partial charge on any atom is -0.360 e. The average Bonchev–Trinajstić information content (AvgIpc) is 2.87. The zero-order chi connectivity index (χ0) is 11.4. The van der Waals surface area contributed by atoms with Gasteiger partial charge in [-0.1, -0.05) is 5.16 Å². The molecule has 0 saturated heterocycles. The highest BCUT2D eigenvalue weighted by atomic mass is 16.5. The molecule has 0 aliphatic heterocycles. The van der Waals surface area contributed by atoms with E-state index in [9.17, 15) is 4.79 Å². The third-order valence-corrected chi connectivity index (χ3v) is 2.07. The number of hydrogen-bond acceptors (Lipinski definition) is 4. The van der Waals surface area contributed by atoms with E-state index in [0.29, 0.717) is 24.4 Å². The van der Waals surface area contributed by atoms with Gasteiger partial charge in [0.15, 0.2) is 5.82 Å². The van der Waals surface area contributed by atoms with E-state index in [4.69, 9.17) is 4.52 Å². The summed E-state index contributed by atoms with van der Waals surface area (Å²) in [5, 5.41) is 6.32. The highest BCUT2D eigenvalue weighted by molar-refractivity contribution is 5.89. The van der Waals surface area contributed by atoms with Crippen molar-refractivity contribution in [3.63, 3.8) is 0 Å². The van der Waals surface area contributed by atoms with Gasteiger partial charge in [0.1, 0.15) is 5.76 Å². The Morgan fingerprint density at radius 3 is 3.12 bits per heavy atom. The van der Waals surface area contributed by atoms with Crippen molar-refractivity contribution in [2.75, 3.05) is 5.32 Å². The lowest BCUT2D eigenvalue weighted by molar-refractivity contribution is -0.116. The summed E-state index contributed by atoms with van der Waals surface area (Å²) in [5.41, 5.74) is 0.937. The Kier molecular flexibility index (Phi) is 3.00. The Balaban J connectivity index is 1.81. The molecule has 2 aromatic heterocycles. The molecule has 0 unspecified atom stereocenters. The van der Waals surface area contributed by atoms with Gasteiger partial charge in [0, 0.05) is 24.4 Å². The van der Waals surface area contributed by atoms with Gasteiger partial charge in [0.25, 0.3) is 0 Å². The van der Waals surface area contributed by atoms with Gasteiger partial charge in [-0.2, -0.15) is 0 Å². The molecule has 0 saturated carbocycles. The number of aromatic nitrogens is 3. The van der Waals surface area contributed by atoms with Gasteiger partial charge in [-0.05, 0) is 13.3 Å². The number of aryl methyl sites for hydroxylation is 2. The number of carbonyl (C=O) groups excluding carboxylic acids is 1. The molecule has 2 aromatic rings. The average molecular weight is 220 g/mol. The SMILES string of the molecule is Cc1cc(NC(=O)CCc2cnc[nH]2)no1. The predicted octanol–water partition coefficient (Wildman–Crippen LogP) is 1.28. The Morgan fingerprint density at radius 2 is 2.50 bits per heavy atom. The first-order chi connectivity index (χ1) is 7.74. The smallest absolute Gasteiger partial charge is 0.226 e. The highest BCUT2D eigenvalue weighted by Crippen LogP contribution is 2.07. The molecule has 2 rings (SSSR count). The largest absolute Gasteiger partial charge is 0.360 e. The maximum Gasteiger partial charge on any atom is 0.226 e. The van der Waals surface area contributed by atoms with E-state index < -0.39 is 0 Å². The van der Waals surface area contributed by atoms with Crippen molar-refractivity contribution in [2.45, 2.75) is 19.8 Å². The molecular weight excluding hydrogens is 208 g/mol. The molecule has 0 aliphatic rings. The first-order valence-electron chi connectivity index (χ1n) is 4.94. The van der Waals surface area contributed by atoms with Crippen LogP contribution in [-0.4, -0.2) is 21.0 Å². The highest BCUT2D eigenvalue weighted by Gasteiger charge is 2.06. The second kappa shape index (κ2) is 4.61. The molecule has 0 aromatic carbocycles. The number of imidazole rings is 1. The monoisotopic (exact) mass is 220 g/mol. The quantitative estimate of drug-likeness (QED) is 0.812. The van der Waals surface area contributed by atoms with Crippen LogP contribution in [-0.2, 0) is 11.2 Å². The molecule has 0 aliphatic carbocycles. The molecule has 0 spiro atoms. The van der Waals surface area contributed by atoms with E-state index in [-0.39, 0.29) is 5.91 Å². The second-order valence-electron chi connectivity index (χ2n) is 3.45. The fourth-order valence-electron chi connectivity index (χ4n) is 1.30. The first-order valence-corrected chi connectivity index (χ1v) is 4.94. The van der Waals surface area contributed by atoms with Crippen molar-refractivity contribution in [3.8, 4) is 0 Å². The van der Waals surface area contributed by atoms with Gasteiger partial charge in [0.2, 0.25) is 5.91 Å². The third kappa shape index (κ3) is 2.69. The van der Waals surface area contributed by atoms with Crippen LogP contribution >= 0.6 is 0 Å². The maximum atomic E-state index is 11.5. The lowest BCUT2D eigenvalue weighted by Gasteiger charge is -1.99. The summed E-state index contributed by atoms with van der Waals surface area (Å²) in [6, 6.07) is 1.67. The Labute approximate surface area is 92.1 Å². The molecule has 16 heavy (non-hydrogen) atoms. The minimum atomic E-state index is -0.0945. The number of amides is 1. The van der Waals surface area contributed by atoms with Gasteiger partial charge < -0.3 is 14.8 Å². The molecule has 0 bridgehead atoms. The number of H-pyrrole nitrogens is 1. The zero-order valence-electron chi connectivity index (χ0n) is 8.86. The van der Waals surface area contributed by atoms with Crippen molar-refractivity contribution < 1.29 is 9.32 Å². The van der Waals surface area contributed by atoms with Gasteiger partial charge in [-0.3, -0.25) is 4.79 Å². The van der Waals surface area contributed by atoms with Crippen molar-refractivity contribution >= 4 is 11.7 Å². The topological polar surface area (TPSA) is 83.8 Å². The number of nitrogens with one attached hydrogen (secondary N) is 2. The number of hydrogen-bond donors (Lipinski definition) is 2. The Hall–Kier alpha value is -2.11. The molecule has 6 heteroatoms. The lowest BCUT2D eigenvalue weighted by Crippen LogP contribution is -2.12. The van der Waals surface area contributed by atoms with E-state index in [2.05, 4.69) is 20.4 Å². The van der Waals surface area contributed by atoms with E-state index in [0.717, 1.165) is 5.69 Å². The normalized spacial score (nSPS) is 10.3. The number of rotatable bonds is 4. The number of nitrogens with zero attached hydrogens (tertiary/aromatic N) is 2. The predicted molar refractivity (Wildman–Crippen MR) is 56.8 cm³/mol. The van der Waals surface area contributed by atoms with E-state index in [1.807, 2.05) is 0 Å². The number of anilines is 1. The van der Waals surface area contributed by atoms with Gasteiger partial charge >= 0.3 is 0 Å². The fourth-order valence-corrected chi connectivity index (χ4v) is 1.30. The van der Waals surface area contributed by atoms with Crippen LogP contribution in [0.5, 0.6) is 0 Å². The third-order valence-electron chi connectivity index (χ3n) is 2.07. The van der Waals surface area contributed by atoms with Crippen LogP contribution in [0.25, 0.3) is 0 Å². The van der Waals surface area contributed by atoms with Crippen LogP contribution in [0.1, 0.15) is 17.9 Å². The van der Waals surface area contributed by atoms with Gasteiger partial charge in [0.05, 0.1) is 6.33 Å². The van der Waals surface area contributed by atoms with Crippen LogP contribution in [0, 0.1) is 6.92 Å². The molecule has 2 N–H and O–H groups in total. The lowest BCUT2D eigenvalue weighted by atomic mass is 10.2. The van der Waals surface area contributed by atoms with E-state index >= 15 is 0 Å². The second-order valence-corrected chi connectivity index (χ2v) is 3.45. The molecule has 0 fully saturated rings. The first kappa shape index (κ1) is 10.4. The van der Waals surface area contributed by atoms with Crippen LogP contribution in [0.2, 0.25) is 0 Å². The van der Waals surface area contributed by atoms with Crippen molar-refractivity contribution in [2.24, 2.45) is 0 Å². The van der Waals surface area contributed by atoms with Crippen molar-refractivity contribution in [1.82, 2.24) is 15.1 Å². The summed E-state index contributed by atoms with van der Waals surface area (Å²) in [6.07, 6.45) is 4.30. The summed E-state index contributed by atoms with van der Waals surface area (Å²) in [4.78, 5) is 18.3. The molecular formula is C10H12N4O2. The number of aromatic amines is 1. The van der Waals surface area contributed by atoms with Crippen molar-refractivity contribution in [3.05, 3.63) is 30.0 Å². The number of carbonyl (C=O) groups is 1.